The number of nitrogens with two attached hydrogens (primary N) is 2. The largest absolute Gasteiger partial charge is 0.335 e. The molecule has 0 saturated heterocycles. The number of nitrogens with one attached hydrogen (secondary N) is 2. The van der Waals surface area contributed by atoms with E-state index in [1.54, 1.807) is 0 Å². The number of amides is 4. The van der Waals surface area contributed by atoms with Crippen molar-refractivity contribution in [3.05, 3.63) is 120 Å². The molecular formula is C46H70N6O2S2. The van der Waals surface area contributed by atoms with Gasteiger partial charge in [0.15, 0.2) is 0 Å². The highest BCUT2D eigenvalue weighted by atomic mass is 32.1. The van der Waals surface area contributed by atoms with E-state index in [1.807, 2.05) is 60.0 Å². The second-order valence-electron chi connectivity index (χ2n) is 15.2. The van der Waals surface area contributed by atoms with Crippen LogP contribution in [-0.4, -0.2) is 73.2 Å². The summed E-state index contributed by atoms with van der Waals surface area (Å²) in [6.07, 6.45) is 3.59. The van der Waals surface area contributed by atoms with E-state index in [0.717, 1.165) is 38.8 Å². The van der Waals surface area contributed by atoms with Crippen molar-refractivity contribution < 1.29 is 9.59 Å². The number of carbonyl (C=O) groups excluding carboxylic acids is 2. The molecule has 0 saturated carbocycles. The van der Waals surface area contributed by atoms with Crippen LogP contribution in [0.25, 0.3) is 22.3 Å². The first kappa shape index (κ1) is 50.1. The van der Waals surface area contributed by atoms with Crippen LogP contribution in [0.15, 0.2) is 109 Å². The highest BCUT2D eigenvalue weighted by molar-refractivity contribution is 7.59. The molecule has 8 nitrogen and oxygen atoms in total. The van der Waals surface area contributed by atoms with Crippen molar-refractivity contribution in [3.63, 3.8) is 0 Å². The number of rotatable bonds is 18. The average molecular weight is 803 g/mol. The van der Waals surface area contributed by atoms with E-state index in [4.69, 9.17) is 11.5 Å². The maximum atomic E-state index is 12.5. The minimum atomic E-state index is -0.0190. The summed E-state index contributed by atoms with van der Waals surface area (Å²) < 4.78 is 0. The van der Waals surface area contributed by atoms with Crippen molar-refractivity contribution >= 4 is 39.1 Å². The molecule has 4 aromatic rings. The molecule has 0 aliphatic rings. The Hall–Kier alpha value is -3.96. The van der Waals surface area contributed by atoms with Crippen molar-refractivity contribution in [1.29, 1.82) is 0 Å². The Labute approximate surface area is 352 Å². The SMILES string of the molecule is CC(C)CCN(CCN)C(=O)N[C@@H](C)Cc1ccc(-c2ccccc2)cc1.CC(C)CCN(CCN)C(=O)N[C@@H](C)Cc1ccc(-c2ccccc2)cc1.S.S. The summed E-state index contributed by atoms with van der Waals surface area (Å²) in [4.78, 5) is 28.7. The first-order chi connectivity index (χ1) is 26.0. The second-order valence-corrected chi connectivity index (χ2v) is 15.2. The van der Waals surface area contributed by atoms with E-state index in [-0.39, 0.29) is 51.1 Å². The molecule has 0 unspecified atom stereocenters. The fourth-order valence-corrected chi connectivity index (χ4v) is 6.11. The van der Waals surface area contributed by atoms with Gasteiger partial charge in [-0.15, -0.1) is 0 Å². The first-order valence-corrected chi connectivity index (χ1v) is 19.8. The van der Waals surface area contributed by atoms with E-state index < -0.39 is 0 Å². The molecule has 0 aliphatic heterocycles. The Bertz CT molecular complexity index is 1500. The van der Waals surface area contributed by atoms with E-state index in [1.165, 1.54) is 33.4 Å². The van der Waals surface area contributed by atoms with Crippen LogP contribution in [0.3, 0.4) is 0 Å². The molecule has 4 aromatic carbocycles. The summed E-state index contributed by atoms with van der Waals surface area (Å²) in [6.45, 7) is 16.4. The molecule has 308 valence electrons. The summed E-state index contributed by atoms with van der Waals surface area (Å²) in [7, 11) is 0. The Morgan fingerprint density at radius 1 is 0.482 bits per heavy atom. The number of benzene rings is 4. The lowest BCUT2D eigenvalue weighted by molar-refractivity contribution is 0.192. The van der Waals surface area contributed by atoms with E-state index >= 15 is 0 Å². The van der Waals surface area contributed by atoms with Gasteiger partial charge in [-0.2, -0.15) is 27.0 Å². The van der Waals surface area contributed by atoms with Crippen LogP contribution in [0.2, 0.25) is 0 Å². The Morgan fingerprint density at radius 2 is 0.786 bits per heavy atom. The smallest absolute Gasteiger partial charge is 0.317 e. The molecule has 0 aliphatic carbocycles. The minimum Gasteiger partial charge on any atom is -0.335 e. The highest BCUT2D eigenvalue weighted by Gasteiger charge is 2.17. The molecule has 0 fully saturated rings. The van der Waals surface area contributed by atoms with Gasteiger partial charge in [-0.05, 0) is 84.7 Å². The zero-order valence-corrected chi connectivity index (χ0v) is 36.6. The summed E-state index contributed by atoms with van der Waals surface area (Å²) in [5.41, 5.74) is 18.6. The van der Waals surface area contributed by atoms with Gasteiger partial charge in [0.05, 0.1) is 0 Å². The third kappa shape index (κ3) is 18.8. The van der Waals surface area contributed by atoms with Crippen LogP contribution < -0.4 is 22.1 Å². The van der Waals surface area contributed by atoms with Crippen LogP contribution in [0.5, 0.6) is 0 Å². The fraction of sp³-hybridized carbons (Fsp3) is 0.435. The highest BCUT2D eigenvalue weighted by Crippen LogP contribution is 2.21. The molecule has 2 atom stereocenters. The second kappa shape index (κ2) is 27.6. The maximum Gasteiger partial charge on any atom is 0.317 e. The van der Waals surface area contributed by atoms with Crippen LogP contribution >= 0.6 is 27.0 Å². The maximum absolute atomic E-state index is 12.5. The Morgan fingerprint density at radius 3 is 1.07 bits per heavy atom. The van der Waals surface area contributed by atoms with Crippen LogP contribution in [0.1, 0.15) is 65.5 Å². The molecule has 10 heteroatoms. The summed E-state index contributed by atoms with van der Waals surface area (Å²) in [5, 5.41) is 6.23. The zero-order chi connectivity index (χ0) is 39.3. The van der Waals surface area contributed by atoms with Crippen LogP contribution in [0, 0.1) is 11.8 Å². The van der Waals surface area contributed by atoms with Crippen molar-refractivity contribution in [2.45, 2.75) is 79.3 Å². The lowest BCUT2D eigenvalue weighted by Crippen LogP contribution is -2.46. The van der Waals surface area contributed by atoms with E-state index in [2.05, 4.69) is 111 Å². The molecule has 0 spiro atoms. The Balaban J connectivity index is 0.000000541. The van der Waals surface area contributed by atoms with Crippen LogP contribution in [-0.2, 0) is 12.8 Å². The van der Waals surface area contributed by atoms with Gasteiger partial charge in [0.1, 0.15) is 0 Å². The number of urea groups is 2. The number of hydrogen-bond acceptors (Lipinski definition) is 4. The minimum absolute atomic E-state index is 0. The third-order valence-electron chi connectivity index (χ3n) is 9.27. The number of nitrogens with zero attached hydrogens (tertiary/aromatic N) is 2. The normalized spacial score (nSPS) is 11.6. The fourth-order valence-electron chi connectivity index (χ4n) is 6.11. The quantitative estimate of drug-likeness (QED) is 0.0805. The van der Waals surface area contributed by atoms with Gasteiger partial charge in [0, 0.05) is 51.4 Å². The third-order valence-corrected chi connectivity index (χ3v) is 9.27. The van der Waals surface area contributed by atoms with Crippen LogP contribution in [0.4, 0.5) is 9.59 Å². The Kier molecular flexibility index (Phi) is 24.7. The average Bonchev–Trinajstić information content (AvgIpc) is 3.16. The molecule has 56 heavy (non-hydrogen) atoms. The van der Waals surface area contributed by atoms with Crippen molar-refractivity contribution in [2.75, 3.05) is 39.3 Å². The number of hydrogen-bond donors (Lipinski definition) is 4. The van der Waals surface area contributed by atoms with Crippen molar-refractivity contribution in [2.24, 2.45) is 23.3 Å². The molecule has 6 N–H and O–H groups in total. The topological polar surface area (TPSA) is 117 Å². The van der Waals surface area contributed by atoms with Crippen molar-refractivity contribution in [1.82, 2.24) is 20.4 Å². The molecule has 0 heterocycles. The molecule has 4 amide bonds. The first-order valence-electron chi connectivity index (χ1n) is 19.8. The van der Waals surface area contributed by atoms with Gasteiger partial charge >= 0.3 is 12.1 Å². The monoisotopic (exact) mass is 803 g/mol. The summed E-state index contributed by atoms with van der Waals surface area (Å²) in [5.74, 6) is 1.14. The molecule has 4 rings (SSSR count). The lowest BCUT2D eigenvalue weighted by atomic mass is 10.0. The van der Waals surface area contributed by atoms with Gasteiger partial charge in [-0.25, -0.2) is 9.59 Å². The predicted molar refractivity (Wildman–Crippen MR) is 248 cm³/mol. The standard InChI is InChI=1S/2C23H33N3O.2H2S/c2*1-18(2)13-15-26(16-14-24)23(27)25-19(3)17-20-9-11-22(12-10-20)21-7-5-4-6-8-21;;/h2*4-12,18-19H,13-17,24H2,1-3H3,(H,25,27);2*1H2/t2*19-;;/m00../s1. The predicted octanol–water partition coefficient (Wildman–Crippen LogP) is 8.83. The molecule has 0 aromatic heterocycles. The molecular weight excluding hydrogens is 733 g/mol. The zero-order valence-electron chi connectivity index (χ0n) is 34.6. The summed E-state index contributed by atoms with van der Waals surface area (Å²) >= 11 is 0. The lowest BCUT2D eigenvalue weighted by Gasteiger charge is -2.25. The van der Waals surface area contributed by atoms with Gasteiger partial charge < -0.3 is 31.9 Å². The van der Waals surface area contributed by atoms with Gasteiger partial charge in [-0.3, -0.25) is 0 Å². The molecule has 0 radical (unpaired) electrons. The van der Waals surface area contributed by atoms with Gasteiger partial charge in [0.25, 0.3) is 0 Å². The van der Waals surface area contributed by atoms with E-state index in [0.29, 0.717) is 38.0 Å². The van der Waals surface area contributed by atoms with Crippen molar-refractivity contribution in [3.8, 4) is 22.3 Å². The van der Waals surface area contributed by atoms with Gasteiger partial charge in [0.2, 0.25) is 0 Å². The van der Waals surface area contributed by atoms with Gasteiger partial charge in [-0.1, -0.05) is 137 Å². The van der Waals surface area contributed by atoms with E-state index in [9.17, 15) is 9.59 Å². The number of carbonyl (C=O) groups is 2. The molecule has 0 bridgehead atoms. The summed E-state index contributed by atoms with van der Waals surface area (Å²) in [6, 6.07) is 37.9.